The second-order valence-electron chi connectivity index (χ2n) is 3.33. The molecular formula is C10H13N3OS. The Morgan fingerprint density at radius 1 is 1.53 bits per heavy atom. The molecule has 2 heterocycles. The smallest absolute Gasteiger partial charge is 0.133 e. The van der Waals surface area contributed by atoms with Gasteiger partial charge < -0.3 is 15.6 Å². The van der Waals surface area contributed by atoms with E-state index in [2.05, 4.69) is 10.5 Å². The molecule has 0 saturated carbocycles. The Bertz CT molecular complexity index is 435. The molecule has 2 aromatic rings. The summed E-state index contributed by atoms with van der Waals surface area (Å²) in [7, 11) is 0. The van der Waals surface area contributed by atoms with Gasteiger partial charge >= 0.3 is 0 Å². The van der Waals surface area contributed by atoms with Crippen molar-refractivity contribution in [1.29, 1.82) is 0 Å². The molecule has 15 heavy (non-hydrogen) atoms. The zero-order valence-corrected chi connectivity index (χ0v) is 9.30. The lowest BCUT2D eigenvalue weighted by atomic mass is 10.3. The van der Waals surface area contributed by atoms with Crippen LogP contribution in [0.25, 0.3) is 0 Å². The first-order chi connectivity index (χ1) is 7.25. The number of hydrogen-bond acceptors (Lipinski definition) is 5. The molecule has 0 atom stereocenters. The van der Waals surface area contributed by atoms with E-state index in [9.17, 15) is 0 Å². The summed E-state index contributed by atoms with van der Waals surface area (Å²) in [5.74, 6) is 0.836. The molecule has 0 radical (unpaired) electrons. The Balaban J connectivity index is 1.83. The van der Waals surface area contributed by atoms with Crippen molar-refractivity contribution in [1.82, 2.24) is 10.5 Å². The minimum absolute atomic E-state index is 0.703. The number of aryl methyl sites for hydroxylation is 1. The summed E-state index contributed by atoms with van der Waals surface area (Å²) in [6, 6.07) is 3.84. The van der Waals surface area contributed by atoms with Crippen molar-refractivity contribution in [3.05, 3.63) is 33.8 Å². The van der Waals surface area contributed by atoms with E-state index in [-0.39, 0.29) is 0 Å². The van der Waals surface area contributed by atoms with Crippen LogP contribution in [0.5, 0.6) is 0 Å². The van der Waals surface area contributed by atoms with E-state index in [1.54, 1.807) is 11.3 Å². The van der Waals surface area contributed by atoms with Crippen molar-refractivity contribution in [2.45, 2.75) is 20.0 Å². The first-order valence-electron chi connectivity index (χ1n) is 4.70. The Morgan fingerprint density at radius 3 is 3.00 bits per heavy atom. The molecule has 0 aromatic carbocycles. The molecule has 0 aliphatic carbocycles. The summed E-state index contributed by atoms with van der Waals surface area (Å²) in [5.41, 5.74) is 7.53. The summed E-state index contributed by atoms with van der Waals surface area (Å²) in [6.45, 7) is 3.36. The minimum Gasteiger partial charge on any atom is -0.398 e. The molecule has 0 saturated heterocycles. The van der Waals surface area contributed by atoms with Gasteiger partial charge in [-0.15, -0.1) is 11.3 Å². The summed E-state index contributed by atoms with van der Waals surface area (Å²) >= 11 is 1.66. The van der Waals surface area contributed by atoms with E-state index in [0.717, 1.165) is 28.6 Å². The molecule has 0 bridgehead atoms. The number of thiophene rings is 1. The number of hydrogen-bond donors (Lipinski definition) is 2. The third-order valence-corrected chi connectivity index (χ3v) is 2.99. The Kier molecular flexibility index (Phi) is 3.03. The van der Waals surface area contributed by atoms with Crippen LogP contribution >= 0.6 is 11.3 Å². The largest absolute Gasteiger partial charge is 0.398 e. The number of nitrogens with one attached hydrogen (secondary N) is 1. The van der Waals surface area contributed by atoms with E-state index in [4.69, 9.17) is 10.3 Å². The Labute approximate surface area is 92.1 Å². The molecule has 3 N–H and O–H groups in total. The Hall–Kier alpha value is -1.33. The first-order valence-corrected chi connectivity index (χ1v) is 5.58. The van der Waals surface area contributed by atoms with Crippen LogP contribution in [-0.2, 0) is 13.1 Å². The predicted molar refractivity (Wildman–Crippen MR) is 60.5 cm³/mol. The fraction of sp³-hybridized carbons (Fsp3) is 0.300. The number of nitrogen functional groups attached to an aromatic ring is 1. The quantitative estimate of drug-likeness (QED) is 0.831. The van der Waals surface area contributed by atoms with E-state index in [0.29, 0.717) is 6.54 Å². The molecule has 0 fully saturated rings. The first kappa shape index (κ1) is 10.2. The molecule has 2 aromatic heterocycles. The number of rotatable bonds is 4. The molecule has 4 nitrogen and oxygen atoms in total. The van der Waals surface area contributed by atoms with Gasteiger partial charge in [0.1, 0.15) is 5.76 Å². The van der Waals surface area contributed by atoms with Crippen LogP contribution in [0, 0.1) is 6.92 Å². The third-order valence-electron chi connectivity index (χ3n) is 2.05. The molecule has 5 heteroatoms. The van der Waals surface area contributed by atoms with Crippen molar-refractivity contribution in [2.75, 3.05) is 5.73 Å². The van der Waals surface area contributed by atoms with Gasteiger partial charge in [0.05, 0.1) is 5.69 Å². The van der Waals surface area contributed by atoms with E-state index in [1.165, 1.54) is 0 Å². The zero-order valence-electron chi connectivity index (χ0n) is 8.49. The van der Waals surface area contributed by atoms with Crippen LogP contribution in [0.1, 0.15) is 16.3 Å². The molecule has 0 unspecified atom stereocenters. The van der Waals surface area contributed by atoms with Gasteiger partial charge in [0.15, 0.2) is 0 Å². The standard InChI is InChI=1S/C10H13N3OS/c1-7-4-8(13-14-7)5-12-6-10-9(11)2-3-15-10/h2-4,12H,5-6,11H2,1H3. The van der Waals surface area contributed by atoms with Gasteiger partial charge in [0.25, 0.3) is 0 Å². The van der Waals surface area contributed by atoms with Crippen LogP contribution in [0.2, 0.25) is 0 Å². The third kappa shape index (κ3) is 2.57. The monoisotopic (exact) mass is 223 g/mol. The van der Waals surface area contributed by atoms with Crippen LogP contribution < -0.4 is 11.1 Å². The molecule has 0 spiro atoms. The van der Waals surface area contributed by atoms with Crippen molar-refractivity contribution in [3.63, 3.8) is 0 Å². The molecule has 0 aliphatic rings. The highest BCUT2D eigenvalue weighted by Gasteiger charge is 2.02. The average Bonchev–Trinajstić information content (AvgIpc) is 2.77. The van der Waals surface area contributed by atoms with Gasteiger partial charge in [-0.2, -0.15) is 0 Å². The number of nitrogens with zero attached hydrogens (tertiary/aromatic N) is 1. The van der Waals surface area contributed by atoms with Gasteiger partial charge in [0.2, 0.25) is 0 Å². The van der Waals surface area contributed by atoms with Crippen LogP contribution in [0.4, 0.5) is 5.69 Å². The highest BCUT2D eigenvalue weighted by Crippen LogP contribution is 2.18. The lowest BCUT2D eigenvalue weighted by Gasteiger charge is -2.00. The number of anilines is 1. The summed E-state index contributed by atoms with van der Waals surface area (Å²) in [4.78, 5) is 1.16. The van der Waals surface area contributed by atoms with Gasteiger partial charge in [-0.25, -0.2) is 0 Å². The van der Waals surface area contributed by atoms with Gasteiger partial charge in [-0.1, -0.05) is 5.16 Å². The van der Waals surface area contributed by atoms with Crippen molar-refractivity contribution in [3.8, 4) is 0 Å². The predicted octanol–water partition coefficient (Wildman–Crippen LogP) is 1.92. The molecule has 0 aliphatic heterocycles. The molecule has 80 valence electrons. The van der Waals surface area contributed by atoms with Crippen LogP contribution in [0.15, 0.2) is 22.0 Å². The topological polar surface area (TPSA) is 64.1 Å². The summed E-state index contributed by atoms with van der Waals surface area (Å²) in [6.07, 6.45) is 0. The fourth-order valence-corrected chi connectivity index (χ4v) is 2.07. The normalized spacial score (nSPS) is 10.7. The van der Waals surface area contributed by atoms with Gasteiger partial charge in [0, 0.05) is 29.7 Å². The van der Waals surface area contributed by atoms with E-state index < -0.39 is 0 Å². The lowest BCUT2D eigenvalue weighted by Crippen LogP contribution is -2.12. The molecule has 2 rings (SSSR count). The highest BCUT2D eigenvalue weighted by molar-refractivity contribution is 7.10. The van der Waals surface area contributed by atoms with Crippen LogP contribution in [-0.4, -0.2) is 5.16 Å². The number of nitrogens with two attached hydrogens (primary N) is 1. The van der Waals surface area contributed by atoms with Crippen molar-refractivity contribution >= 4 is 17.0 Å². The maximum Gasteiger partial charge on any atom is 0.133 e. The maximum atomic E-state index is 5.76. The van der Waals surface area contributed by atoms with Crippen molar-refractivity contribution in [2.24, 2.45) is 0 Å². The number of aromatic nitrogens is 1. The van der Waals surface area contributed by atoms with Crippen LogP contribution in [0.3, 0.4) is 0 Å². The fourth-order valence-electron chi connectivity index (χ4n) is 1.30. The molecule has 0 amide bonds. The lowest BCUT2D eigenvalue weighted by molar-refractivity contribution is 0.388. The highest BCUT2D eigenvalue weighted by atomic mass is 32.1. The summed E-state index contributed by atoms with van der Waals surface area (Å²) in [5, 5.41) is 9.15. The zero-order chi connectivity index (χ0) is 10.7. The summed E-state index contributed by atoms with van der Waals surface area (Å²) < 4.78 is 4.96. The van der Waals surface area contributed by atoms with Gasteiger partial charge in [-0.3, -0.25) is 0 Å². The average molecular weight is 223 g/mol. The second kappa shape index (κ2) is 4.46. The van der Waals surface area contributed by atoms with Crippen molar-refractivity contribution < 1.29 is 4.52 Å². The van der Waals surface area contributed by atoms with Gasteiger partial charge in [-0.05, 0) is 18.4 Å². The Morgan fingerprint density at radius 2 is 2.40 bits per heavy atom. The van der Waals surface area contributed by atoms with E-state index in [1.807, 2.05) is 24.4 Å². The maximum absolute atomic E-state index is 5.76. The van der Waals surface area contributed by atoms with E-state index >= 15 is 0 Å². The SMILES string of the molecule is Cc1cc(CNCc2sccc2N)no1. The molecular weight excluding hydrogens is 210 g/mol. The minimum atomic E-state index is 0.703. The second-order valence-corrected chi connectivity index (χ2v) is 4.33.